The lowest BCUT2D eigenvalue weighted by atomic mass is 10.1. The van der Waals surface area contributed by atoms with Crippen LogP contribution in [0.4, 0.5) is 17.3 Å². The van der Waals surface area contributed by atoms with Crippen LogP contribution in [0.25, 0.3) is 6.08 Å². The molecule has 0 saturated heterocycles. The number of hydrogen-bond donors (Lipinski definition) is 3. The zero-order valence-electron chi connectivity index (χ0n) is 16.8. The number of rotatable bonds is 8. The van der Waals surface area contributed by atoms with Gasteiger partial charge in [0, 0.05) is 12.6 Å². The number of carbonyl (C=O) groups is 1. The van der Waals surface area contributed by atoms with E-state index in [1.165, 1.54) is 20.3 Å². The van der Waals surface area contributed by atoms with Crippen LogP contribution in [0, 0.1) is 0 Å². The summed E-state index contributed by atoms with van der Waals surface area (Å²) in [6.45, 7) is 0.522. The Bertz CT molecular complexity index is 1010. The summed E-state index contributed by atoms with van der Waals surface area (Å²) in [6, 6.07) is 16.5. The van der Waals surface area contributed by atoms with Crippen LogP contribution in [0.5, 0.6) is 11.8 Å². The van der Waals surface area contributed by atoms with Crippen molar-refractivity contribution in [1.29, 1.82) is 0 Å². The summed E-state index contributed by atoms with van der Waals surface area (Å²) in [5.74, 6) is 0.996. The SMILES string of the molecule is COc1cc(OC)nc(NCc2ccc(C=CC(=O)Nc3ccccc3N)cc2)n1. The quantitative estimate of drug-likeness (QED) is 0.389. The number of aromatic nitrogens is 2. The predicted molar refractivity (Wildman–Crippen MR) is 117 cm³/mol. The summed E-state index contributed by atoms with van der Waals surface area (Å²) >= 11 is 0. The number of carbonyl (C=O) groups excluding carboxylic acids is 1. The number of para-hydroxylation sites is 2. The van der Waals surface area contributed by atoms with E-state index in [0.717, 1.165) is 11.1 Å². The van der Waals surface area contributed by atoms with Gasteiger partial charge in [0.2, 0.25) is 23.6 Å². The van der Waals surface area contributed by atoms with Crippen molar-refractivity contribution in [2.24, 2.45) is 0 Å². The predicted octanol–water partition coefficient (Wildman–Crippen LogP) is 3.34. The number of benzene rings is 2. The third-order valence-electron chi connectivity index (χ3n) is 4.17. The van der Waals surface area contributed by atoms with Crippen LogP contribution in [0.2, 0.25) is 0 Å². The Morgan fingerprint density at radius 3 is 2.33 bits per heavy atom. The Kier molecular flexibility index (Phi) is 6.83. The van der Waals surface area contributed by atoms with Crippen LogP contribution in [0.1, 0.15) is 11.1 Å². The maximum Gasteiger partial charge on any atom is 0.248 e. The third-order valence-corrected chi connectivity index (χ3v) is 4.17. The van der Waals surface area contributed by atoms with Gasteiger partial charge in [-0.05, 0) is 29.3 Å². The first-order valence-electron chi connectivity index (χ1n) is 9.21. The van der Waals surface area contributed by atoms with Crippen LogP contribution in [0.3, 0.4) is 0 Å². The number of anilines is 3. The third kappa shape index (κ3) is 5.71. The number of nitrogens with two attached hydrogens (primary N) is 1. The molecule has 0 atom stereocenters. The zero-order chi connectivity index (χ0) is 21.3. The molecule has 1 aromatic heterocycles. The number of hydrogen-bond acceptors (Lipinski definition) is 7. The lowest BCUT2D eigenvalue weighted by molar-refractivity contribution is -0.111. The Labute approximate surface area is 174 Å². The number of nitrogens with one attached hydrogen (secondary N) is 2. The van der Waals surface area contributed by atoms with E-state index in [9.17, 15) is 4.79 Å². The number of nitrogens with zero attached hydrogens (tertiary/aromatic N) is 2. The first kappa shape index (κ1) is 20.7. The van der Waals surface area contributed by atoms with Crippen molar-refractivity contribution < 1.29 is 14.3 Å². The Hall–Kier alpha value is -4.07. The molecule has 1 amide bonds. The molecule has 154 valence electrons. The Morgan fingerprint density at radius 1 is 1.03 bits per heavy atom. The van der Waals surface area contributed by atoms with Crippen molar-refractivity contribution in [3.63, 3.8) is 0 Å². The molecule has 3 aromatic rings. The first-order chi connectivity index (χ1) is 14.6. The molecule has 0 aliphatic rings. The Morgan fingerprint density at radius 2 is 1.70 bits per heavy atom. The van der Waals surface area contributed by atoms with Gasteiger partial charge in [0.25, 0.3) is 0 Å². The van der Waals surface area contributed by atoms with Crippen LogP contribution in [-0.2, 0) is 11.3 Å². The lowest BCUT2D eigenvalue weighted by Crippen LogP contribution is -2.09. The Balaban J connectivity index is 1.56. The molecule has 0 unspecified atom stereocenters. The van der Waals surface area contributed by atoms with Gasteiger partial charge in [-0.3, -0.25) is 4.79 Å². The van der Waals surface area contributed by atoms with Gasteiger partial charge < -0.3 is 25.8 Å². The molecule has 0 fully saturated rings. The van der Waals surface area contributed by atoms with Gasteiger partial charge in [-0.2, -0.15) is 9.97 Å². The number of ether oxygens (including phenoxy) is 2. The fourth-order valence-electron chi connectivity index (χ4n) is 2.58. The molecular weight excluding hydrogens is 382 g/mol. The van der Waals surface area contributed by atoms with E-state index in [1.54, 1.807) is 24.3 Å². The molecule has 0 bridgehead atoms. The molecule has 30 heavy (non-hydrogen) atoms. The monoisotopic (exact) mass is 405 g/mol. The normalized spacial score (nSPS) is 10.6. The van der Waals surface area contributed by atoms with Crippen molar-refractivity contribution in [3.8, 4) is 11.8 Å². The maximum atomic E-state index is 12.1. The van der Waals surface area contributed by atoms with Crippen LogP contribution < -0.4 is 25.8 Å². The smallest absolute Gasteiger partial charge is 0.248 e. The van der Waals surface area contributed by atoms with Gasteiger partial charge in [-0.25, -0.2) is 0 Å². The van der Waals surface area contributed by atoms with Gasteiger partial charge in [0.05, 0.1) is 31.7 Å². The van der Waals surface area contributed by atoms with E-state index in [2.05, 4.69) is 20.6 Å². The maximum absolute atomic E-state index is 12.1. The highest BCUT2D eigenvalue weighted by molar-refractivity contribution is 6.03. The van der Waals surface area contributed by atoms with E-state index in [1.807, 2.05) is 36.4 Å². The molecule has 0 saturated carbocycles. The average Bonchev–Trinajstić information content (AvgIpc) is 2.78. The van der Waals surface area contributed by atoms with E-state index in [-0.39, 0.29) is 5.91 Å². The molecule has 8 nitrogen and oxygen atoms in total. The highest BCUT2D eigenvalue weighted by atomic mass is 16.5. The van der Waals surface area contributed by atoms with Crippen molar-refractivity contribution in [2.75, 3.05) is 30.6 Å². The molecule has 0 radical (unpaired) electrons. The summed E-state index contributed by atoms with van der Waals surface area (Å²) in [4.78, 5) is 20.5. The molecule has 3 rings (SSSR count). The van der Waals surface area contributed by atoms with Crippen LogP contribution >= 0.6 is 0 Å². The van der Waals surface area contributed by atoms with Gasteiger partial charge in [0.15, 0.2) is 0 Å². The summed E-state index contributed by atoms with van der Waals surface area (Å²) in [6.07, 6.45) is 3.21. The van der Waals surface area contributed by atoms with E-state index in [4.69, 9.17) is 15.2 Å². The fraction of sp³-hybridized carbons (Fsp3) is 0.136. The van der Waals surface area contributed by atoms with E-state index in [0.29, 0.717) is 35.6 Å². The van der Waals surface area contributed by atoms with Gasteiger partial charge >= 0.3 is 0 Å². The largest absolute Gasteiger partial charge is 0.481 e. The van der Waals surface area contributed by atoms with Gasteiger partial charge in [0.1, 0.15) is 0 Å². The van der Waals surface area contributed by atoms with Crippen molar-refractivity contribution in [1.82, 2.24) is 9.97 Å². The van der Waals surface area contributed by atoms with Crippen LogP contribution in [0.15, 0.2) is 60.7 Å². The molecule has 8 heteroatoms. The second kappa shape index (κ2) is 9.92. The molecule has 0 aliphatic carbocycles. The average molecular weight is 405 g/mol. The number of amides is 1. The fourth-order valence-corrected chi connectivity index (χ4v) is 2.58. The van der Waals surface area contributed by atoms with Gasteiger partial charge in [-0.1, -0.05) is 36.4 Å². The first-order valence-corrected chi connectivity index (χ1v) is 9.21. The molecular formula is C22H23N5O3. The highest BCUT2D eigenvalue weighted by Gasteiger charge is 2.05. The van der Waals surface area contributed by atoms with Crippen LogP contribution in [-0.4, -0.2) is 30.1 Å². The summed E-state index contributed by atoms with van der Waals surface area (Å²) in [7, 11) is 3.07. The number of methoxy groups -OCH3 is 2. The van der Waals surface area contributed by atoms with E-state index < -0.39 is 0 Å². The van der Waals surface area contributed by atoms with Crippen molar-refractivity contribution in [2.45, 2.75) is 6.54 Å². The standard InChI is InChI=1S/C22H23N5O3/c1-29-20-13-21(30-2)27-22(26-20)24-14-16-9-7-15(8-10-16)11-12-19(28)25-18-6-4-3-5-17(18)23/h3-13H,14,23H2,1-2H3,(H,25,28)(H,24,26,27). The molecule has 4 N–H and O–H groups in total. The summed E-state index contributed by atoms with van der Waals surface area (Å²) in [5.41, 5.74) is 8.86. The highest BCUT2D eigenvalue weighted by Crippen LogP contribution is 2.18. The summed E-state index contributed by atoms with van der Waals surface area (Å²) < 4.78 is 10.3. The minimum Gasteiger partial charge on any atom is -0.481 e. The molecule has 1 heterocycles. The van der Waals surface area contributed by atoms with E-state index >= 15 is 0 Å². The van der Waals surface area contributed by atoms with Gasteiger partial charge in [-0.15, -0.1) is 0 Å². The van der Waals surface area contributed by atoms with Crippen molar-refractivity contribution in [3.05, 3.63) is 71.8 Å². The minimum atomic E-state index is -0.247. The molecule has 2 aromatic carbocycles. The summed E-state index contributed by atoms with van der Waals surface area (Å²) in [5, 5.41) is 5.89. The van der Waals surface area contributed by atoms with Crippen molar-refractivity contribution >= 4 is 29.3 Å². The molecule has 0 aliphatic heterocycles. The second-order valence-corrected chi connectivity index (χ2v) is 6.28. The number of nitrogen functional groups attached to an aromatic ring is 1. The molecule has 0 spiro atoms. The topological polar surface area (TPSA) is 111 Å². The lowest BCUT2D eigenvalue weighted by Gasteiger charge is -2.08. The second-order valence-electron chi connectivity index (χ2n) is 6.28. The zero-order valence-corrected chi connectivity index (χ0v) is 16.8. The minimum absolute atomic E-state index is 0.247.